The van der Waals surface area contributed by atoms with Gasteiger partial charge in [-0.1, -0.05) is 374 Å². The summed E-state index contributed by atoms with van der Waals surface area (Å²) >= 11 is 0. The van der Waals surface area contributed by atoms with Crippen molar-refractivity contribution in [3.63, 3.8) is 0 Å². The van der Waals surface area contributed by atoms with E-state index in [2.05, 4.69) is 292 Å². The van der Waals surface area contributed by atoms with Crippen molar-refractivity contribution in [1.82, 2.24) is 0 Å². The van der Waals surface area contributed by atoms with Gasteiger partial charge in [-0.3, -0.25) is 0 Å². The summed E-state index contributed by atoms with van der Waals surface area (Å²) in [4.78, 5) is 0. The molecule has 9 saturated heterocycles. The zero-order valence-corrected chi connectivity index (χ0v) is 67.5. The van der Waals surface area contributed by atoms with Gasteiger partial charge in [0.25, 0.3) is 0 Å². The molecule has 118 heavy (non-hydrogen) atoms. The van der Waals surface area contributed by atoms with E-state index in [4.69, 9.17) is 14.2 Å². The van der Waals surface area contributed by atoms with Gasteiger partial charge in [0.1, 0.15) is 36.4 Å². The van der Waals surface area contributed by atoms with Crippen LogP contribution in [0.15, 0.2) is 352 Å². The first-order valence-corrected chi connectivity index (χ1v) is 42.4. The normalized spacial score (nSPS) is 22.8. The summed E-state index contributed by atoms with van der Waals surface area (Å²) in [6.45, 7) is 19.6. The van der Waals surface area contributed by atoms with E-state index in [0.717, 1.165) is 220 Å². The Morgan fingerprint density at radius 2 is 0.508 bits per heavy atom. The first kappa shape index (κ1) is 87.6. The lowest BCUT2D eigenvalue weighted by atomic mass is 9.55. The van der Waals surface area contributed by atoms with Crippen molar-refractivity contribution >= 4 is 0 Å². The van der Waals surface area contributed by atoms with Gasteiger partial charge in [0.15, 0.2) is 0 Å². The number of benzene rings is 12. The molecule has 12 aromatic rings. The number of aryl methyl sites for hydroxylation is 1. The summed E-state index contributed by atoms with van der Waals surface area (Å²) in [7, 11) is 0. The standard InChI is InChI=1S/2C35H38NO2.C29H34NO2.C7H8.3CH4/c37-35(31-16-8-3-9-17-31,33-19-11-10-18-32(33)30-14-6-2-7-15-30)34-20-23-36(24-21-34,25-22-34)26-27-38-28-29-12-4-1-5-13-29;37-35(32-16-8-3-9-17-32,33-18-10-15-31(27-33)30-13-6-2-7-14-30)34-19-22-36(23-20-34,24-21-34)25-26-38-28-29-11-4-1-5-12-29;31-29(26-12-6-2-7-13-26,27-14-8-3-9-15-27)28-16-19-30(20-17-28,21-18-28)22-23-32-24-25-10-4-1-5-11-25;1-7-5-3-2-4-6-7;;;/h1-19,37H,20-28H2;1-18,27,37H,19-26,28H2;1-15,31H,16-24H2;2-6H,1H3;3*1H4/q3*+1;;;;. The van der Waals surface area contributed by atoms with Crippen LogP contribution in [0.25, 0.3) is 22.3 Å². The molecule has 0 aromatic heterocycles. The number of fused-ring (bicyclic) bond motifs is 9. The highest BCUT2D eigenvalue weighted by atomic mass is 16.5. The lowest BCUT2D eigenvalue weighted by Gasteiger charge is -2.60. The average molecular weight is 1580 g/mol. The molecule has 9 heteroatoms. The fourth-order valence-electron chi connectivity index (χ4n) is 20.7. The average Bonchev–Trinajstić information content (AvgIpc) is 0.715. The SMILES string of the molecule is C.C.C.Cc1ccccc1.OC(c1ccccc1)(c1cccc(-c2ccccc2)c1)C12CC[N+](CCOCc3ccccc3)(CC1)CC2.OC(c1ccccc1)(c1ccccc1)C12CC[N+](CCOCc3ccccc3)(CC1)CC2.OC(c1ccccc1)(c1ccccc1-c1ccccc1)C12CC[N+](CCOCc3ccccc3)(CC1)CC2. The van der Waals surface area contributed by atoms with E-state index in [1.807, 2.05) is 66.7 Å². The molecule has 0 saturated carbocycles. The van der Waals surface area contributed by atoms with Crippen molar-refractivity contribution in [2.75, 3.05) is 98.4 Å². The molecule has 9 aliphatic rings. The van der Waals surface area contributed by atoms with E-state index in [1.165, 1.54) is 27.8 Å². The van der Waals surface area contributed by atoms with Gasteiger partial charge in [0.2, 0.25) is 0 Å². The minimum atomic E-state index is -1.05. The zero-order valence-electron chi connectivity index (χ0n) is 67.5. The van der Waals surface area contributed by atoms with Crippen LogP contribution in [0.4, 0.5) is 0 Å². The van der Waals surface area contributed by atoms with Crippen LogP contribution < -0.4 is 0 Å². The summed E-state index contributed by atoms with van der Waals surface area (Å²) in [5, 5.41) is 38.5. The van der Waals surface area contributed by atoms with Crippen molar-refractivity contribution in [3.8, 4) is 22.3 Å². The molecule has 0 spiro atoms. The van der Waals surface area contributed by atoms with Gasteiger partial charge in [-0.25, -0.2) is 0 Å². The van der Waals surface area contributed by atoms with Gasteiger partial charge < -0.3 is 43.0 Å². The number of hydrogen-bond donors (Lipinski definition) is 3. The van der Waals surface area contributed by atoms with Crippen LogP contribution in [0.5, 0.6) is 0 Å². The Hall–Kier alpha value is -9.72. The first-order valence-electron chi connectivity index (χ1n) is 42.4. The van der Waals surface area contributed by atoms with Gasteiger partial charge in [-0.05, 0) is 85.3 Å². The highest BCUT2D eigenvalue weighted by Crippen LogP contribution is 2.61. The molecule has 9 aliphatic heterocycles. The van der Waals surface area contributed by atoms with Crippen molar-refractivity contribution in [2.24, 2.45) is 16.2 Å². The molecule has 6 bridgehead atoms. The number of rotatable bonds is 26. The highest BCUT2D eigenvalue weighted by Gasteiger charge is 2.63. The van der Waals surface area contributed by atoms with E-state index in [-0.39, 0.29) is 38.5 Å². The molecule has 12 aromatic carbocycles. The maximum atomic E-state index is 13.1. The van der Waals surface area contributed by atoms with Crippen LogP contribution in [0.2, 0.25) is 0 Å². The Kier molecular flexibility index (Phi) is 29.6. The van der Waals surface area contributed by atoms with Gasteiger partial charge >= 0.3 is 0 Å². The molecule has 2 atom stereocenters. The van der Waals surface area contributed by atoms with Crippen LogP contribution in [-0.4, -0.2) is 127 Å². The molecule has 0 radical (unpaired) electrons. The quantitative estimate of drug-likeness (QED) is 0.0370. The second-order valence-electron chi connectivity index (χ2n) is 34.0. The Morgan fingerprint density at radius 1 is 0.263 bits per heavy atom. The molecule has 614 valence electrons. The number of quaternary nitrogens is 3. The summed E-state index contributed by atoms with van der Waals surface area (Å²) in [6, 6.07) is 121. The third-order valence-corrected chi connectivity index (χ3v) is 27.8. The Morgan fingerprint density at radius 3 is 0.831 bits per heavy atom. The molecule has 9 nitrogen and oxygen atoms in total. The van der Waals surface area contributed by atoms with E-state index < -0.39 is 16.8 Å². The highest BCUT2D eigenvalue weighted by molar-refractivity contribution is 5.70. The van der Waals surface area contributed by atoms with E-state index in [0.29, 0.717) is 19.8 Å². The molecule has 2 unspecified atom stereocenters. The van der Waals surface area contributed by atoms with Crippen molar-refractivity contribution in [2.45, 2.75) is 124 Å². The first-order chi connectivity index (χ1) is 56.3. The summed E-state index contributed by atoms with van der Waals surface area (Å²) < 4.78 is 21.6. The molecule has 9 fully saturated rings. The van der Waals surface area contributed by atoms with Crippen molar-refractivity contribution in [1.29, 1.82) is 0 Å². The van der Waals surface area contributed by atoms with Crippen LogP contribution in [0.3, 0.4) is 0 Å². The lowest BCUT2D eigenvalue weighted by molar-refractivity contribution is -0.946. The summed E-state index contributed by atoms with van der Waals surface area (Å²) in [6.07, 6.45) is 9.25. The maximum Gasteiger partial charge on any atom is 0.121 e. The minimum absolute atomic E-state index is 0. The van der Waals surface area contributed by atoms with Crippen molar-refractivity contribution in [3.05, 3.63) is 407 Å². The lowest BCUT2D eigenvalue weighted by Crippen LogP contribution is -2.67. The molecular weight excluding hydrogens is 1450 g/mol. The van der Waals surface area contributed by atoms with E-state index >= 15 is 0 Å². The van der Waals surface area contributed by atoms with Gasteiger partial charge in [-0.15, -0.1) is 0 Å². The predicted molar refractivity (Wildman–Crippen MR) is 486 cm³/mol. The van der Waals surface area contributed by atoms with Gasteiger partial charge in [-0.2, -0.15) is 0 Å². The Bertz CT molecular complexity index is 4840. The molecular formula is C109H130N3O6+3. The van der Waals surface area contributed by atoms with E-state index in [9.17, 15) is 15.3 Å². The molecule has 9 heterocycles. The Labute approximate surface area is 706 Å². The topological polar surface area (TPSA) is 88.4 Å². The third-order valence-electron chi connectivity index (χ3n) is 27.8. The minimum Gasteiger partial charge on any atom is -0.380 e. The fourth-order valence-corrected chi connectivity index (χ4v) is 20.7. The van der Waals surface area contributed by atoms with Crippen LogP contribution in [0, 0.1) is 23.2 Å². The molecule has 0 amide bonds. The smallest absolute Gasteiger partial charge is 0.121 e. The van der Waals surface area contributed by atoms with Gasteiger partial charge in [0.05, 0.1) is 98.5 Å². The molecule has 21 rings (SSSR count). The zero-order chi connectivity index (χ0) is 78.8. The van der Waals surface area contributed by atoms with Gasteiger partial charge in [0, 0.05) is 74.0 Å². The fraction of sp³-hybridized carbons (Fsp3) is 0.339. The summed E-state index contributed by atoms with van der Waals surface area (Å²) in [5.41, 5.74) is 12.3. The second-order valence-corrected chi connectivity index (χ2v) is 34.0. The second kappa shape index (κ2) is 39.9. The largest absolute Gasteiger partial charge is 0.380 e. The third kappa shape index (κ3) is 19.0. The number of aliphatic hydroxyl groups is 3. The molecule has 3 N–H and O–H groups in total. The summed E-state index contributed by atoms with van der Waals surface area (Å²) in [5.74, 6) is 0. The number of nitrogens with zero attached hydrogens (tertiary/aromatic N) is 3. The number of ether oxygens (including phenoxy) is 3. The van der Waals surface area contributed by atoms with Crippen molar-refractivity contribution < 1.29 is 43.0 Å². The number of piperidine rings is 9. The Balaban J connectivity index is 0.000000154. The van der Waals surface area contributed by atoms with Crippen LogP contribution >= 0.6 is 0 Å². The predicted octanol–water partition coefficient (Wildman–Crippen LogP) is 22.7. The maximum absolute atomic E-state index is 13.1. The van der Waals surface area contributed by atoms with E-state index in [1.54, 1.807) is 0 Å². The van der Waals surface area contributed by atoms with Crippen LogP contribution in [-0.2, 0) is 50.8 Å². The van der Waals surface area contributed by atoms with Crippen LogP contribution in [0.1, 0.15) is 136 Å². The molecule has 0 aliphatic carbocycles. The monoisotopic (exact) mass is 1580 g/mol. The number of hydrogen-bond acceptors (Lipinski definition) is 6.